The number of anilines is 1. The van der Waals surface area contributed by atoms with Crippen LogP contribution in [0.3, 0.4) is 0 Å². The van der Waals surface area contributed by atoms with Crippen LogP contribution in [0, 0.1) is 0 Å². The van der Waals surface area contributed by atoms with Crippen molar-refractivity contribution < 1.29 is 4.79 Å². The van der Waals surface area contributed by atoms with E-state index in [1.54, 1.807) is 12.4 Å². The molecule has 122 valence electrons. The number of rotatable bonds is 2. The van der Waals surface area contributed by atoms with Crippen molar-refractivity contribution >= 4 is 34.1 Å². The van der Waals surface area contributed by atoms with Crippen LogP contribution in [0.25, 0.3) is 10.9 Å². The Labute approximate surface area is 144 Å². The van der Waals surface area contributed by atoms with Gasteiger partial charge in [0.2, 0.25) is 0 Å². The molecule has 0 unspecified atom stereocenters. The van der Waals surface area contributed by atoms with Crippen LogP contribution in [-0.4, -0.2) is 47.0 Å². The fourth-order valence-electron chi connectivity index (χ4n) is 3.14. The summed E-state index contributed by atoms with van der Waals surface area (Å²) >= 11 is 6.21. The number of halogens is 1. The zero-order chi connectivity index (χ0) is 16.5. The smallest absolute Gasteiger partial charge is 0.254 e. The first-order valence-corrected chi connectivity index (χ1v) is 8.31. The zero-order valence-corrected chi connectivity index (χ0v) is 13.8. The first kappa shape index (κ1) is 15.0. The highest BCUT2D eigenvalue weighted by Crippen LogP contribution is 2.25. The number of amides is 1. The van der Waals surface area contributed by atoms with E-state index in [1.165, 1.54) is 0 Å². The summed E-state index contributed by atoms with van der Waals surface area (Å²) in [6.07, 6.45) is 5.28. The van der Waals surface area contributed by atoms with Gasteiger partial charge in [-0.15, -0.1) is 0 Å². The third-order valence-electron chi connectivity index (χ3n) is 4.46. The lowest BCUT2D eigenvalue weighted by Gasteiger charge is -2.36. The molecular weight excluding hydrogens is 324 g/mol. The fourth-order valence-corrected chi connectivity index (χ4v) is 3.38. The molecule has 2 aromatic heterocycles. The molecule has 1 amide bonds. The van der Waals surface area contributed by atoms with Crippen LogP contribution >= 0.6 is 11.6 Å². The number of hydrogen-bond acceptors (Lipinski definition) is 3. The van der Waals surface area contributed by atoms with Crippen LogP contribution in [0.1, 0.15) is 10.4 Å². The van der Waals surface area contributed by atoms with Crippen molar-refractivity contribution in [2.75, 3.05) is 31.1 Å². The first-order chi connectivity index (χ1) is 11.7. The van der Waals surface area contributed by atoms with Gasteiger partial charge >= 0.3 is 0 Å². The monoisotopic (exact) mass is 340 g/mol. The minimum Gasteiger partial charge on any atom is -0.367 e. The zero-order valence-electron chi connectivity index (χ0n) is 13.1. The highest BCUT2D eigenvalue weighted by molar-refractivity contribution is 6.33. The number of nitrogens with one attached hydrogen (secondary N) is 1. The van der Waals surface area contributed by atoms with Crippen LogP contribution < -0.4 is 4.90 Å². The van der Waals surface area contributed by atoms with Crippen molar-refractivity contribution in [3.63, 3.8) is 0 Å². The Kier molecular flexibility index (Phi) is 3.86. The van der Waals surface area contributed by atoms with E-state index in [0.717, 1.165) is 35.2 Å². The van der Waals surface area contributed by atoms with Crippen LogP contribution in [0.15, 0.2) is 48.9 Å². The largest absolute Gasteiger partial charge is 0.367 e. The topological polar surface area (TPSA) is 52.2 Å². The lowest BCUT2D eigenvalue weighted by Crippen LogP contribution is -2.48. The standard InChI is InChI=1S/C18H17ClN4O/c19-15-12-20-5-4-17(15)22-7-9-23(10-8-22)18(24)14-2-1-13-3-6-21-16(13)11-14/h1-6,11-12,21H,7-10H2. The van der Waals surface area contributed by atoms with Gasteiger partial charge in [0.05, 0.1) is 10.7 Å². The van der Waals surface area contributed by atoms with Gasteiger partial charge in [-0.1, -0.05) is 17.7 Å². The lowest BCUT2D eigenvalue weighted by atomic mass is 10.1. The molecule has 1 aliphatic heterocycles. The molecule has 4 rings (SSSR count). The molecule has 0 bridgehead atoms. The van der Waals surface area contributed by atoms with E-state index >= 15 is 0 Å². The predicted octanol–water partition coefficient (Wildman–Crippen LogP) is 3.18. The Morgan fingerprint density at radius 2 is 1.96 bits per heavy atom. The minimum atomic E-state index is 0.0759. The number of aromatic amines is 1. The Hall–Kier alpha value is -2.53. The molecule has 3 aromatic rings. The number of pyridine rings is 1. The first-order valence-electron chi connectivity index (χ1n) is 7.93. The van der Waals surface area contributed by atoms with Crippen LogP contribution in [0.4, 0.5) is 5.69 Å². The Balaban J connectivity index is 1.47. The number of fused-ring (bicyclic) bond motifs is 1. The van der Waals surface area contributed by atoms with Crippen molar-refractivity contribution in [3.8, 4) is 0 Å². The Bertz CT molecular complexity index is 883. The molecule has 0 radical (unpaired) electrons. The molecule has 0 spiro atoms. The number of carbonyl (C=O) groups excluding carboxylic acids is 1. The van der Waals surface area contributed by atoms with Gasteiger partial charge in [-0.2, -0.15) is 0 Å². The van der Waals surface area contributed by atoms with Crippen molar-refractivity contribution in [3.05, 3.63) is 59.5 Å². The van der Waals surface area contributed by atoms with Gasteiger partial charge < -0.3 is 14.8 Å². The molecule has 0 atom stereocenters. The molecule has 0 aliphatic carbocycles. The van der Waals surface area contributed by atoms with Gasteiger partial charge in [0.25, 0.3) is 5.91 Å². The van der Waals surface area contributed by atoms with Crippen molar-refractivity contribution in [2.24, 2.45) is 0 Å². The van der Waals surface area contributed by atoms with Gasteiger partial charge in [-0.05, 0) is 29.7 Å². The van der Waals surface area contributed by atoms with Gasteiger partial charge in [-0.3, -0.25) is 9.78 Å². The summed E-state index contributed by atoms with van der Waals surface area (Å²) in [6, 6.07) is 9.71. The average molecular weight is 341 g/mol. The average Bonchev–Trinajstić information content (AvgIpc) is 3.09. The molecule has 5 nitrogen and oxygen atoms in total. The lowest BCUT2D eigenvalue weighted by molar-refractivity contribution is 0.0747. The molecule has 1 fully saturated rings. The number of nitrogens with zero attached hydrogens (tertiary/aromatic N) is 3. The molecule has 0 saturated carbocycles. The maximum Gasteiger partial charge on any atom is 0.254 e. The van der Waals surface area contributed by atoms with E-state index in [1.807, 2.05) is 41.4 Å². The Morgan fingerprint density at radius 3 is 2.75 bits per heavy atom. The summed E-state index contributed by atoms with van der Waals surface area (Å²) in [6.45, 7) is 2.89. The van der Waals surface area contributed by atoms with Gasteiger partial charge in [0.15, 0.2) is 0 Å². The fraction of sp³-hybridized carbons (Fsp3) is 0.222. The van der Waals surface area contributed by atoms with E-state index in [2.05, 4.69) is 14.9 Å². The minimum absolute atomic E-state index is 0.0759. The quantitative estimate of drug-likeness (QED) is 0.779. The number of hydrogen-bond donors (Lipinski definition) is 1. The van der Waals surface area contributed by atoms with E-state index in [4.69, 9.17) is 11.6 Å². The Morgan fingerprint density at radius 1 is 1.12 bits per heavy atom. The van der Waals surface area contributed by atoms with Crippen LogP contribution in [0.5, 0.6) is 0 Å². The van der Waals surface area contributed by atoms with E-state index < -0.39 is 0 Å². The number of piperazine rings is 1. The highest BCUT2D eigenvalue weighted by atomic mass is 35.5. The predicted molar refractivity (Wildman–Crippen MR) is 95.7 cm³/mol. The third kappa shape index (κ3) is 2.71. The van der Waals surface area contributed by atoms with Gasteiger partial charge in [0.1, 0.15) is 0 Å². The molecule has 1 saturated heterocycles. The molecule has 1 aliphatic rings. The number of aromatic nitrogens is 2. The second-order valence-corrected chi connectivity index (χ2v) is 6.29. The summed E-state index contributed by atoms with van der Waals surface area (Å²) in [7, 11) is 0. The third-order valence-corrected chi connectivity index (χ3v) is 4.75. The van der Waals surface area contributed by atoms with Crippen molar-refractivity contribution in [1.82, 2.24) is 14.9 Å². The van der Waals surface area contributed by atoms with E-state index in [0.29, 0.717) is 18.1 Å². The number of benzene rings is 1. The number of H-pyrrole nitrogens is 1. The van der Waals surface area contributed by atoms with Crippen LogP contribution in [-0.2, 0) is 0 Å². The summed E-state index contributed by atoms with van der Waals surface area (Å²) < 4.78 is 0. The number of carbonyl (C=O) groups is 1. The van der Waals surface area contributed by atoms with Gasteiger partial charge in [0, 0.05) is 55.8 Å². The van der Waals surface area contributed by atoms with Crippen LogP contribution in [0.2, 0.25) is 5.02 Å². The molecule has 6 heteroatoms. The molecule has 1 aromatic carbocycles. The maximum atomic E-state index is 12.7. The SMILES string of the molecule is O=C(c1ccc2cc[nH]c2c1)N1CCN(c2ccncc2Cl)CC1. The van der Waals surface area contributed by atoms with Crippen molar-refractivity contribution in [2.45, 2.75) is 0 Å². The second-order valence-electron chi connectivity index (χ2n) is 5.89. The van der Waals surface area contributed by atoms with E-state index in [-0.39, 0.29) is 5.91 Å². The highest BCUT2D eigenvalue weighted by Gasteiger charge is 2.23. The normalized spacial score (nSPS) is 15.0. The van der Waals surface area contributed by atoms with Crippen molar-refractivity contribution in [1.29, 1.82) is 0 Å². The maximum absolute atomic E-state index is 12.7. The second kappa shape index (κ2) is 6.17. The summed E-state index contributed by atoms with van der Waals surface area (Å²) in [5, 5.41) is 1.76. The summed E-state index contributed by atoms with van der Waals surface area (Å²) in [5.74, 6) is 0.0759. The summed E-state index contributed by atoms with van der Waals surface area (Å²) in [5.41, 5.74) is 2.69. The molecule has 3 heterocycles. The molecule has 1 N–H and O–H groups in total. The molecule has 24 heavy (non-hydrogen) atoms. The van der Waals surface area contributed by atoms with E-state index in [9.17, 15) is 4.79 Å². The van der Waals surface area contributed by atoms with Gasteiger partial charge in [-0.25, -0.2) is 0 Å². The summed E-state index contributed by atoms with van der Waals surface area (Å²) in [4.78, 5) is 24.0. The molecular formula is C18H17ClN4O.